The van der Waals surface area contributed by atoms with Gasteiger partial charge < -0.3 is 4.74 Å². The summed E-state index contributed by atoms with van der Waals surface area (Å²) in [5, 5.41) is 0. The van der Waals surface area contributed by atoms with Crippen molar-refractivity contribution in [3.8, 4) is 0 Å². The standard InChI is InChI=1S/C13H20O2/c1-5-12(14)15-11-7-9-6-10(8(11)2)13(9,3)4/h5,8-11H,1,6-7H2,2-4H3/t8-,9+,10-,11-/m1/s1. The van der Waals surface area contributed by atoms with Crippen LogP contribution in [0.15, 0.2) is 12.7 Å². The van der Waals surface area contributed by atoms with Gasteiger partial charge in [-0.25, -0.2) is 4.79 Å². The Morgan fingerprint density at radius 2 is 2.13 bits per heavy atom. The van der Waals surface area contributed by atoms with Gasteiger partial charge in [0.25, 0.3) is 0 Å². The average Bonchev–Trinajstić information content (AvgIpc) is 2.19. The summed E-state index contributed by atoms with van der Waals surface area (Å²) in [4.78, 5) is 11.2. The van der Waals surface area contributed by atoms with Crippen LogP contribution in [0.2, 0.25) is 0 Å². The Morgan fingerprint density at radius 1 is 1.47 bits per heavy atom. The summed E-state index contributed by atoms with van der Waals surface area (Å²) in [5.41, 5.74) is 0.455. The molecule has 0 unspecified atom stereocenters. The lowest BCUT2D eigenvalue weighted by molar-refractivity contribution is -0.182. The molecule has 0 N–H and O–H groups in total. The largest absolute Gasteiger partial charge is 0.459 e. The lowest BCUT2D eigenvalue weighted by Gasteiger charge is -2.61. The number of carbonyl (C=O) groups excluding carboxylic acids is 1. The van der Waals surface area contributed by atoms with Crippen molar-refractivity contribution >= 4 is 5.97 Å². The molecule has 0 spiro atoms. The first kappa shape index (κ1) is 10.7. The van der Waals surface area contributed by atoms with E-state index in [9.17, 15) is 4.79 Å². The Hall–Kier alpha value is -0.790. The van der Waals surface area contributed by atoms with Gasteiger partial charge in [0.2, 0.25) is 0 Å². The van der Waals surface area contributed by atoms with Crippen LogP contribution in [0.5, 0.6) is 0 Å². The van der Waals surface area contributed by atoms with Gasteiger partial charge in [-0.05, 0) is 36.0 Å². The predicted octanol–water partition coefficient (Wildman–Crippen LogP) is 2.79. The van der Waals surface area contributed by atoms with Crippen molar-refractivity contribution in [3.05, 3.63) is 12.7 Å². The number of ether oxygens (including phenoxy) is 1. The van der Waals surface area contributed by atoms with Crippen LogP contribution in [0.1, 0.15) is 33.6 Å². The Morgan fingerprint density at radius 3 is 2.60 bits per heavy atom. The van der Waals surface area contributed by atoms with Gasteiger partial charge in [0.1, 0.15) is 6.10 Å². The van der Waals surface area contributed by atoms with Crippen LogP contribution in [0, 0.1) is 23.2 Å². The minimum atomic E-state index is -0.272. The maximum Gasteiger partial charge on any atom is 0.330 e. The van der Waals surface area contributed by atoms with Crippen molar-refractivity contribution in [1.29, 1.82) is 0 Å². The van der Waals surface area contributed by atoms with Crippen molar-refractivity contribution in [3.63, 3.8) is 0 Å². The number of hydrogen-bond acceptors (Lipinski definition) is 2. The van der Waals surface area contributed by atoms with E-state index in [0.29, 0.717) is 11.3 Å². The van der Waals surface area contributed by atoms with E-state index in [2.05, 4.69) is 27.4 Å². The molecule has 3 rings (SSSR count). The summed E-state index contributed by atoms with van der Waals surface area (Å²) in [6.45, 7) is 10.3. The fraction of sp³-hybridized carbons (Fsp3) is 0.769. The van der Waals surface area contributed by atoms with Gasteiger partial charge in [-0.2, -0.15) is 0 Å². The molecule has 4 atom stereocenters. The van der Waals surface area contributed by atoms with E-state index in [4.69, 9.17) is 4.74 Å². The third-order valence-electron chi connectivity index (χ3n) is 4.72. The summed E-state index contributed by atoms with van der Waals surface area (Å²) < 4.78 is 5.39. The summed E-state index contributed by atoms with van der Waals surface area (Å²) >= 11 is 0. The van der Waals surface area contributed by atoms with Gasteiger partial charge in [0.15, 0.2) is 0 Å². The van der Waals surface area contributed by atoms with Crippen molar-refractivity contribution < 1.29 is 9.53 Å². The van der Waals surface area contributed by atoms with Crippen molar-refractivity contribution in [1.82, 2.24) is 0 Å². The second-order valence-corrected chi connectivity index (χ2v) is 5.63. The summed E-state index contributed by atoms with van der Waals surface area (Å²) in [6, 6.07) is 0. The van der Waals surface area contributed by atoms with E-state index >= 15 is 0 Å². The lowest BCUT2D eigenvalue weighted by atomic mass is 9.45. The SMILES string of the molecule is C=CC(=O)O[C@@H]1C[C@@H]2C[C@H]([C@H]1C)C2(C)C. The van der Waals surface area contributed by atoms with Crippen LogP contribution in [0.4, 0.5) is 0 Å². The summed E-state index contributed by atoms with van der Waals surface area (Å²) in [5.74, 6) is 1.68. The molecule has 15 heavy (non-hydrogen) atoms. The van der Waals surface area contributed by atoms with Crippen LogP contribution in [-0.2, 0) is 9.53 Å². The van der Waals surface area contributed by atoms with Gasteiger partial charge >= 0.3 is 5.97 Å². The Bertz CT molecular complexity index is 293. The van der Waals surface area contributed by atoms with Crippen LogP contribution >= 0.6 is 0 Å². The predicted molar refractivity (Wildman–Crippen MR) is 59.2 cm³/mol. The molecule has 0 radical (unpaired) electrons. The third kappa shape index (κ3) is 1.51. The molecule has 0 aromatic carbocycles. The van der Waals surface area contributed by atoms with E-state index in [1.807, 2.05) is 0 Å². The van der Waals surface area contributed by atoms with Crippen LogP contribution in [0.3, 0.4) is 0 Å². The van der Waals surface area contributed by atoms with E-state index in [-0.39, 0.29) is 12.1 Å². The number of fused-ring (bicyclic) bond motifs is 2. The van der Waals surface area contributed by atoms with Gasteiger partial charge in [-0.1, -0.05) is 27.4 Å². The zero-order valence-corrected chi connectivity index (χ0v) is 9.82. The summed E-state index contributed by atoms with van der Waals surface area (Å²) in [6.07, 6.45) is 3.73. The molecule has 0 heterocycles. The van der Waals surface area contributed by atoms with Gasteiger partial charge in [-0.15, -0.1) is 0 Å². The highest BCUT2D eigenvalue weighted by Gasteiger charge is 2.57. The zero-order chi connectivity index (χ0) is 11.2. The van der Waals surface area contributed by atoms with E-state index in [1.165, 1.54) is 12.5 Å². The number of carbonyl (C=O) groups is 1. The number of hydrogen-bond donors (Lipinski definition) is 0. The van der Waals surface area contributed by atoms with Crippen LogP contribution < -0.4 is 0 Å². The van der Waals surface area contributed by atoms with Gasteiger partial charge in [0, 0.05) is 6.08 Å². The maximum atomic E-state index is 11.2. The first-order valence-corrected chi connectivity index (χ1v) is 5.80. The van der Waals surface area contributed by atoms with Crippen molar-refractivity contribution in [2.24, 2.45) is 23.2 Å². The van der Waals surface area contributed by atoms with Gasteiger partial charge in [0.05, 0.1) is 0 Å². The molecule has 0 aliphatic heterocycles. The molecule has 3 fully saturated rings. The Balaban J connectivity index is 2.02. The van der Waals surface area contributed by atoms with Crippen molar-refractivity contribution in [2.45, 2.75) is 39.7 Å². The molecule has 0 aromatic rings. The van der Waals surface area contributed by atoms with E-state index in [0.717, 1.165) is 18.3 Å². The minimum absolute atomic E-state index is 0.118. The first-order chi connectivity index (χ1) is 6.96. The molecule has 84 valence electrons. The molecule has 2 heteroatoms. The molecule has 0 aromatic heterocycles. The minimum Gasteiger partial charge on any atom is -0.459 e. The maximum absolute atomic E-state index is 11.2. The molecule has 0 saturated heterocycles. The zero-order valence-electron chi connectivity index (χ0n) is 9.82. The first-order valence-electron chi connectivity index (χ1n) is 5.80. The highest BCUT2D eigenvalue weighted by molar-refractivity contribution is 5.81. The third-order valence-corrected chi connectivity index (χ3v) is 4.72. The Kier molecular flexibility index (Phi) is 2.40. The molecule has 3 aliphatic rings. The summed E-state index contributed by atoms with van der Waals surface area (Å²) in [7, 11) is 0. The molecular weight excluding hydrogens is 188 g/mol. The molecule has 2 bridgehead atoms. The van der Waals surface area contributed by atoms with Crippen LogP contribution in [-0.4, -0.2) is 12.1 Å². The fourth-order valence-electron chi connectivity index (χ4n) is 3.46. The molecule has 0 amide bonds. The topological polar surface area (TPSA) is 26.3 Å². The lowest BCUT2D eigenvalue weighted by Crippen LogP contribution is -2.57. The van der Waals surface area contributed by atoms with Crippen LogP contribution in [0.25, 0.3) is 0 Å². The van der Waals surface area contributed by atoms with E-state index < -0.39 is 0 Å². The highest BCUT2D eigenvalue weighted by atomic mass is 16.5. The average molecular weight is 208 g/mol. The second kappa shape index (κ2) is 3.36. The number of esters is 1. The fourth-order valence-corrected chi connectivity index (χ4v) is 3.46. The van der Waals surface area contributed by atoms with Gasteiger partial charge in [-0.3, -0.25) is 0 Å². The monoisotopic (exact) mass is 208 g/mol. The van der Waals surface area contributed by atoms with Crippen molar-refractivity contribution in [2.75, 3.05) is 0 Å². The van der Waals surface area contributed by atoms with E-state index in [1.54, 1.807) is 0 Å². The normalized spacial score (nSPS) is 41.5. The second-order valence-electron chi connectivity index (χ2n) is 5.63. The molecule has 3 saturated carbocycles. The number of rotatable bonds is 2. The molecule has 3 aliphatic carbocycles. The Labute approximate surface area is 91.7 Å². The highest BCUT2D eigenvalue weighted by Crippen LogP contribution is 2.61. The molecular formula is C13H20O2. The quantitative estimate of drug-likeness (QED) is 0.515. The molecule has 2 nitrogen and oxygen atoms in total. The smallest absolute Gasteiger partial charge is 0.330 e.